The number of aryl methyl sites for hydroxylation is 2. The molecule has 0 saturated heterocycles. The maximum atomic E-state index is 6.31. The number of hydrogen-bond donors (Lipinski definition) is 0. The molecule has 0 aliphatic heterocycles. The SMILES string of the molecule is CCC(CCl)(CCc1cnn(C)c1)c1ccccc1. The van der Waals surface area contributed by atoms with Crippen LogP contribution in [0.4, 0.5) is 0 Å². The summed E-state index contributed by atoms with van der Waals surface area (Å²) in [6.07, 6.45) is 7.16. The summed E-state index contributed by atoms with van der Waals surface area (Å²) >= 11 is 6.31. The lowest BCUT2D eigenvalue weighted by atomic mass is 9.75. The van der Waals surface area contributed by atoms with E-state index in [1.54, 1.807) is 0 Å². The first-order chi connectivity index (χ1) is 9.20. The molecule has 0 saturated carbocycles. The summed E-state index contributed by atoms with van der Waals surface area (Å²) in [6.45, 7) is 2.22. The van der Waals surface area contributed by atoms with Crippen LogP contribution in [0.5, 0.6) is 0 Å². The average Bonchev–Trinajstić information content (AvgIpc) is 2.88. The third kappa shape index (κ3) is 3.19. The Morgan fingerprint density at radius 3 is 2.53 bits per heavy atom. The molecular formula is C16H21ClN2. The van der Waals surface area contributed by atoms with E-state index in [9.17, 15) is 0 Å². The highest BCUT2D eigenvalue weighted by molar-refractivity contribution is 6.18. The molecule has 0 N–H and O–H groups in total. The molecule has 2 aromatic rings. The number of halogens is 1. The molecule has 1 aromatic heterocycles. The number of alkyl halides is 1. The van der Waals surface area contributed by atoms with E-state index in [4.69, 9.17) is 11.6 Å². The van der Waals surface area contributed by atoms with E-state index in [0.717, 1.165) is 19.3 Å². The van der Waals surface area contributed by atoms with Crippen molar-refractivity contribution in [3.05, 3.63) is 53.9 Å². The fourth-order valence-corrected chi connectivity index (χ4v) is 3.02. The van der Waals surface area contributed by atoms with Crippen molar-refractivity contribution in [2.75, 3.05) is 5.88 Å². The summed E-state index contributed by atoms with van der Waals surface area (Å²) in [6, 6.07) is 10.6. The van der Waals surface area contributed by atoms with Crippen molar-refractivity contribution >= 4 is 11.6 Å². The van der Waals surface area contributed by atoms with Gasteiger partial charge >= 0.3 is 0 Å². The standard InChI is InChI=1S/C16H21ClN2/c1-3-16(13-17,15-7-5-4-6-8-15)10-9-14-11-18-19(2)12-14/h4-8,11-12H,3,9-10,13H2,1-2H3. The van der Waals surface area contributed by atoms with Gasteiger partial charge in [0.15, 0.2) is 0 Å². The number of nitrogens with zero attached hydrogens (tertiary/aromatic N) is 2. The van der Waals surface area contributed by atoms with Crippen LogP contribution in [0.1, 0.15) is 30.9 Å². The summed E-state index contributed by atoms with van der Waals surface area (Å²) in [5, 5.41) is 4.23. The average molecular weight is 277 g/mol. The van der Waals surface area contributed by atoms with Crippen molar-refractivity contribution in [2.24, 2.45) is 7.05 Å². The van der Waals surface area contributed by atoms with Gasteiger partial charge in [-0.05, 0) is 30.4 Å². The van der Waals surface area contributed by atoms with Crippen LogP contribution in [0.15, 0.2) is 42.7 Å². The van der Waals surface area contributed by atoms with E-state index in [-0.39, 0.29) is 5.41 Å². The largest absolute Gasteiger partial charge is 0.276 e. The van der Waals surface area contributed by atoms with Gasteiger partial charge in [0.1, 0.15) is 0 Å². The first kappa shape index (κ1) is 14.1. The molecule has 0 aliphatic rings. The molecule has 1 aromatic carbocycles. The minimum atomic E-state index is 0.0681. The molecule has 0 fully saturated rings. The van der Waals surface area contributed by atoms with Gasteiger partial charge in [-0.1, -0.05) is 37.3 Å². The Hall–Kier alpha value is -1.28. The van der Waals surface area contributed by atoms with Crippen LogP contribution in [0, 0.1) is 0 Å². The normalized spacial score (nSPS) is 14.3. The zero-order valence-corrected chi connectivity index (χ0v) is 12.4. The predicted octanol–water partition coefficient (Wildman–Crippen LogP) is 3.94. The molecule has 0 radical (unpaired) electrons. The lowest BCUT2D eigenvalue weighted by Gasteiger charge is -2.31. The van der Waals surface area contributed by atoms with Gasteiger partial charge < -0.3 is 0 Å². The van der Waals surface area contributed by atoms with E-state index in [2.05, 4.69) is 48.6 Å². The van der Waals surface area contributed by atoms with Crippen LogP contribution in [-0.4, -0.2) is 15.7 Å². The van der Waals surface area contributed by atoms with Crippen LogP contribution in [0.25, 0.3) is 0 Å². The highest BCUT2D eigenvalue weighted by atomic mass is 35.5. The first-order valence-electron chi connectivity index (χ1n) is 6.79. The second-order valence-corrected chi connectivity index (χ2v) is 5.42. The third-order valence-corrected chi connectivity index (χ3v) is 4.48. The Labute approximate surface area is 120 Å². The second kappa shape index (κ2) is 6.25. The van der Waals surface area contributed by atoms with Crippen LogP contribution >= 0.6 is 11.6 Å². The third-order valence-electron chi connectivity index (χ3n) is 3.97. The lowest BCUT2D eigenvalue weighted by Crippen LogP contribution is -2.28. The van der Waals surface area contributed by atoms with E-state index in [1.807, 2.05) is 17.9 Å². The van der Waals surface area contributed by atoms with E-state index in [0.29, 0.717) is 5.88 Å². The van der Waals surface area contributed by atoms with Gasteiger partial charge in [0, 0.05) is 24.5 Å². The molecule has 2 rings (SSSR count). The van der Waals surface area contributed by atoms with Gasteiger partial charge in [-0.25, -0.2) is 0 Å². The minimum absolute atomic E-state index is 0.0681. The Morgan fingerprint density at radius 2 is 2.00 bits per heavy atom. The fraction of sp³-hybridized carbons (Fsp3) is 0.438. The fourth-order valence-electron chi connectivity index (χ4n) is 2.54. The summed E-state index contributed by atoms with van der Waals surface area (Å²) in [5.41, 5.74) is 2.69. The van der Waals surface area contributed by atoms with Gasteiger partial charge in [0.05, 0.1) is 6.20 Å². The second-order valence-electron chi connectivity index (χ2n) is 5.16. The van der Waals surface area contributed by atoms with Crippen LogP contribution in [-0.2, 0) is 18.9 Å². The molecule has 19 heavy (non-hydrogen) atoms. The Bertz CT molecular complexity index is 500. The molecular weight excluding hydrogens is 256 g/mol. The first-order valence-corrected chi connectivity index (χ1v) is 7.32. The number of rotatable bonds is 6. The van der Waals surface area contributed by atoms with Crippen molar-refractivity contribution in [1.82, 2.24) is 9.78 Å². The molecule has 1 heterocycles. The highest BCUT2D eigenvalue weighted by Gasteiger charge is 2.29. The molecule has 3 heteroatoms. The quantitative estimate of drug-likeness (QED) is 0.731. The molecule has 0 bridgehead atoms. The predicted molar refractivity (Wildman–Crippen MR) is 80.7 cm³/mol. The van der Waals surface area contributed by atoms with E-state index < -0.39 is 0 Å². The minimum Gasteiger partial charge on any atom is -0.276 e. The number of hydrogen-bond acceptors (Lipinski definition) is 1. The van der Waals surface area contributed by atoms with Crippen LogP contribution in [0.3, 0.4) is 0 Å². The maximum Gasteiger partial charge on any atom is 0.0521 e. The van der Waals surface area contributed by atoms with Crippen molar-refractivity contribution < 1.29 is 0 Å². The van der Waals surface area contributed by atoms with Gasteiger partial charge in [-0.3, -0.25) is 4.68 Å². The van der Waals surface area contributed by atoms with E-state index >= 15 is 0 Å². The smallest absolute Gasteiger partial charge is 0.0521 e. The van der Waals surface area contributed by atoms with Crippen molar-refractivity contribution in [1.29, 1.82) is 0 Å². The Balaban J connectivity index is 2.16. The molecule has 1 unspecified atom stereocenters. The Kier molecular flexibility index (Phi) is 4.65. The summed E-state index contributed by atoms with van der Waals surface area (Å²) in [5.74, 6) is 0.660. The number of aromatic nitrogens is 2. The molecule has 0 aliphatic carbocycles. The zero-order chi connectivity index (χ0) is 13.7. The molecule has 1 atom stereocenters. The van der Waals surface area contributed by atoms with E-state index in [1.165, 1.54) is 11.1 Å². The summed E-state index contributed by atoms with van der Waals surface area (Å²) in [4.78, 5) is 0. The van der Waals surface area contributed by atoms with Crippen LogP contribution < -0.4 is 0 Å². The topological polar surface area (TPSA) is 17.8 Å². The monoisotopic (exact) mass is 276 g/mol. The summed E-state index contributed by atoms with van der Waals surface area (Å²) < 4.78 is 1.85. The molecule has 2 nitrogen and oxygen atoms in total. The van der Waals surface area contributed by atoms with Gasteiger partial charge in [0.25, 0.3) is 0 Å². The summed E-state index contributed by atoms with van der Waals surface area (Å²) in [7, 11) is 1.95. The highest BCUT2D eigenvalue weighted by Crippen LogP contribution is 2.34. The van der Waals surface area contributed by atoms with Crippen molar-refractivity contribution in [2.45, 2.75) is 31.6 Å². The molecule has 0 spiro atoms. The van der Waals surface area contributed by atoms with Gasteiger partial charge in [-0.2, -0.15) is 5.10 Å². The van der Waals surface area contributed by atoms with Crippen molar-refractivity contribution in [3.63, 3.8) is 0 Å². The molecule has 0 amide bonds. The number of benzene rings is 1. The zero-order valence-electron chi connectivity index (χ0n) is 11.6. The van der Waals surface area contributed by atoms with Gasteiger partial charge in [0.2, 0.25) is 0 Å². The molecule has 102 valence electrons. The maximum absolute atomic E-state index is 6.31. The van der Waals surface area contributed by atoms with Crippen molar-refractivity contribution in [3.8, 4) is 0 Å². The van der Waals surface area contributed by atoms with Gasteiger partial charge in [-0.15, -0.1) is 11.6 Å². The van der Waals surface area contributed by atoms with Crippen LogP contribution in [0.2, 0.25) is 0 Å². The Morgan fingerprint density at radius 1 is 1.26 bits per heavy atom. The lowest BCUT2D eigenvalue weighted by molar-refractivity contribution is 0.425.